The van der Waals surface area contributed by atoms with Crippen molar-refractivity contribution in [2.24, 2.45) is 0 Å². The SMILES string of the molecule is O=C(CCC(=O)c1ccc(Br)cc1)Nc1ccccc1C(=O)NCC1CCCO1. The Morgan fingerprint density at radius 3 is 2.52 bits per heavy atom. The number of rotatable bonds is 8. The van der Waals surface area contributed by atoms with E-state index in [4.69, 9.17) is 4.74 Å². The van der Waals surface area contributed by atoms with Crippen LogP contribution in [0.1, 0.15) is 46.4 Å². The molecule has 0 saturated carbocycles. The maximum atomic E-state index is 12.5. The van der Waals surface area contributed by atoms with Gasteiger partial charge in [0.1, 0.15) is 0 Å². The molecular formula is C22H23BrN2O4. The maximum Gasteiger partial charge on any atom is 0.253 e. The van der Waals surface area contributed by atoms with Crippen LogP contribution in [0.5, 0.6) is 0 Å². The number of Topliss-reactive ketones (excluding diaryl/α,β-unsaturated/α-hetero) is 1. The molecule has 0 radical (unpaired) electrons. The molecule has 6 nitrogen and oxygen atoms in total. The Hall–Kier alpha value is -2.51. The fourth-order valence-electron chi connectivity index (χ4n) is 3.12. The van der Waals surface area contributed by atoms with Crippen LogP contribution < -0.4 is 10.6 Å². The largest absolute Gasteiger partial charge is 0.376 e. The zero-order valence-electron chi connectivity index (χ0n) is 15.9. The first-order valence-corrected chi connectivity index (χ1v) is 10.4. The van der Waals surface area contributed by atoms with Gasteiger partial charge in [0.2, 0.25) is 5.91 Å². The minimum absolute atomic E-state index is 0.0424. The number of hydrogen-bond acceptors (Lipinski definition) is 4. The van der Waals surface area contributed by atoms with E-state index in [1.165, 1.54) is 0 Å². The fraction of sp³-hybridized carbons (Fsp3) is 0.318. The van der Waals surface area contributed by atoms with E-state index in [9.17, 15) is 14.4 Å². The molecule has 1 fully saturated rings. The highest BCUT2D eigenvalue weighted by Gasteiger charge is 2.18. The number of ketones is 1. The molecule has 2 aromatic rings. The predicted octanol–water partition coefficient (Wildman–Crippen LogP) is 3.96. The lowest BCUT2D eigenvalue weighted by atomic mass is 10.1. The molecule has 0 aliphatic carbocycles. The molecular weight excluding hydrogens is 436 g/mol. The maximum absolute atomic E-state index is 12.5. The van der Waals surface area contributed by atoms with E-state index in [1.807, 2.05) is 0 Å². The summed E-state index contributed by atoms with van der Waals surface area (Å²) in [7, 11) is 0. The number of carbonyl (C=O) groups is 3. The van der Waals surface area contributed by atoms with Crippen molar-refractivity contribution in [2.75, 3.05) is 18.5 Å². The Morgan fingerprint density at radius 2 is 1.79 bits per heavy atom. The van der Waals surface area contributed by atoms with Crippen molar-refractivity contribution in [3.8, 4) is 0 Å². The summed E-state index contributed by atoms with van der Waals surface area (Å²) < 4.78 is 6.40. The van der Waals surface area contributed by atoms with Gasteiger partial charge in [-0.05, 0) is 37.1 Å². The van der Waals surface area contributed by atoms with Gasteiger partial charge in [0.25, 0.3) is 5.91 Å². The number of ether oxygens (including phenoxy) is 1. The zero-order chi connectivity index (χ0) is 20.6. The number of nitrogens with one attached hydrogen (secondary N) is 2. The van der Waals surface area contributed by atoms with Crippen LogP contribution in [0.3, 0.4) is 0 Å². The topological polar surface area (TPSA) is 84.5 Å². The lowest BCUT2D eigenvalue weighted by Crippen LogP contribution is -2.32. The third-order valence-electron chi connectivity index (χ3n) is 4.71. The van der Waals surface area contributed by atoms with E-state index in [0.29, 0.717) is 23.4 Å². The molecule has 2 amide bonds. The molecule has 7 heteroatoms. The number of amides is 2. The van der Waals surface area contributed by atoms with Crippen LogP contribution >= 0.6 is 15.9 Å². The average molecular weight is 459 g/mol. The summed E-state index contributed by atoms with van der Waals surface area (Å²) >= 11 is 3.33. The predicted molar refractivity (Wildman–Crippen MR) is 114 cm³/mol. The lowest BCUT2D eigenvalue weighted by molar-refractivity contribution is -0.116. The smallest absolute Gasteiger partial charge is 0.253 e. The molecule has 1 heterocycles. The van der Waals surface area contributed by atoms with E-state index in [0.717, 1.165) is 23.9 Å². The summed E-state index contributed by atoms with van der Waals surface area (Å²) in [5.74, 6) is -0.674. The normalized spacial score (nSPS) is 15.7. The molecule has 1 aliphatic rings. The zero-order valence-corrected chi connectivity index (χ0v) is 17.5. The van der Waals surface area contributed by atoms with Crippen molar-refractivity contribution < 1.29 is 19.1 Å². The molecule has 3 rings (SSSR count). The summed E-state index contributed by atoms with van der Waals surface area (Å²) in [6.07, 6.45) is 2.13. The number of halogens is 1. The molecule has 152 valence electrons. The summed E-state index contributed by atoms with van der Waals surface area (Å²) in [5.41, 5.74) is 1.38. The van der Waals surface area contributed by atoms with Gasteiger partial charge in [0.05, 0.1) is 17.4 Å². The number of anilines is 1. The van der Waals surface area contributed by atoms with Gasteiger partial charge in [-0.2, -0.15) is 0 Å². The van der Waals surface area contributed by atoms with Crippen molar-refractivity contribution in [3.05, 3.63) is 64.1 Å². The summed E-state index contributed by atoms with van der Waals surface area (Å²) in [6.45, 7) is 1.18. The molecule has 1 saturated heterocycles. The van der Waals surface area contributed by atoms with Crippen LogP contribution in [0.15, 0.2) is 53.0 Å². The second kappa shape index (κ2) is 10.3. The standard InChI is InChI=1S/C22H23BrN2O4/c23-16-9-7-15(8-10-16)20(26)11-12-21(27)25-19-6-2-1-5-18(19)22(28)24-14-17-4-3-13-29-17/h1-2,5-10,17H,3-4,11-14H2,(H,24,28)(H,25,27). The van der Waals surface area contributed by atoms with Gasteiger partial charge in [-0.25, -0.2) is 0 Å². The lowest BCUT2D eigenvalue weighted by Gasteiger charge is -2.13. The molecule has 29 heavy (non-hydrogen) atoms. The molecule has 1 unspecified atom stereocenters. The van der Waals surface area contributed by atoms with Gasteiger partial charge in [-0.3, -0.25) is 14.4 Å². The Morgan fingerprint density at radius 1 is 1.03 bits per heavy atom. The Labute approximate surface area is 178 Å². The summed E-state index contributed by atoms with van der Waals surface area (Å²) in [4.78, 5) is 37.1. The Balaban J connectivity index is 1.53. The van der Waals surface area contributed by atoms with Gasteiger partial charge in [-0.15, -0.1) is 0 Å². The van der Waals surface area contributed by atoms with Crippen LogP contribution in [0.4, 0.5) is 5.69 Å². The Kier molecular flexibility index (Phi) is 7.55. The van der Waals surface area contributed by atoms with Crippen LogP contribution in [0.25, 0.3) is 0 Å². The Bertz CT molecular complexity index is 877. The van der Waals surface area contributed by atoms with Crippen LogP contribution in [0, 0.1) is 0 Å². The second-order valence-corrected chi connectivity index (χ2v) is 7.78. The second-order valence-electron chi connectivity index (χ2n) is 6.87. The first kappa shape index (κ1) is 21.2. The van der Waals surface area contributed by atoms with Crippen molar-refractivity contribution >= 4 is 39.2 Å². The number of benzene rings is 2. The highest BCUT2D eigenvalue weighted by atomic mass is 79.9. The molecule has 2 N–H and O–H groups in total. The van der Waals surface area contributed by atoms with Gasteiger partial charge in [0.15, 0.2) is 5.78 Å². The van der Waals surface area contributed by atoms with Gasteiger partial charge in [0, 0.05) is 36.0 Å². The van der Waals surface area contributed by atoms with Gasteiger partial charge < -0.3 is 15.4 Å². The van der Waals surface area contributed by atoms with Crippen LogP contribution in [0.2, 0.25) is 0 Å². The molecule has 0 aromatic heterocycles. The van der Waals surface area contributed by atoms with Crippen molar-refractivity contribution in [2.45, 2.75) is 31.8 Å². The third-order valence-corrected chi connectivity index (χ3v) is 5.23. The monoisotopic (exact) mass is 458 g/mol. The van der Waals surface area contributed by atoms with Crippen molar-refractivity contribution in [1.29, 1.82) is 0 Å². The molecule has 0 spiro atoms. The minimum Gasteiger partial charge on any atom is -0.376 e. The number of hydrogen-bond donors (Lipinski definition) is 2. The van der Waals surface area contributed by atoms with Crippen LogP contribution in [-0.4, -0.2) is 36.9 Å². The van der Waals surface area contributed by atoms with E-state index in [2.05, 4.69) is 26.6 Å². The molecule has 2 aromatic carbocycles. The van der Waals surface area contributed by atoms with Crippen LogP contribution in [-0.2, 0) is 9.53 Å². The van der Waals surface area contributed by atoms with E-state index in [1.54, 1.807) is 48.5 Å². The first-order chi connectivity index (χ1) is 14.0. The highest BCUT2D eigenvalue weighted by Crippen LogP contribution is 2.17. The molecule has 0 bridgehead atoms. The summed E-state index contributed by atoms with van der Waals surface area (Å²) in [6, 6.07) is 13.9. The number of carbonyl (C=O) groups excluding carboxylic acids is 3. The van der Waals surface area contributed by atoms with Crippen molar-refractivity contribution in [1.82, 2.24) is 5.32 Å². The first-order valence-electron chi connectivity index (χ1n) is 9.60. The quantitative estimate of drug-likeness (QED) is 0.586. The van der Waals surface area contributed by atoms with E-state index < -0.39 is 0 Å². The summed E-state index contributed by atoms with van der Waals surface area (Å²) in [5, 5.41) is 5.60. The van der Waals surface area contributed by atoms with Crippen molar-refractivity contribution in [3.63, 3.8) is 0 Å². The van der Waals surface area contributed by atoms with E-state index in [-0.39, 0.29) is 36.5 Å². The van der Waals surface area contributed by atoms with Gasteiger partial charge >= 0.3 is 0 Å². The van der Waals surface area contributed by atoms with Gasteiger partial charge in [-0.1, -0.05) is 40.2 Å². The van der Waals surface area contributed by atoms with E-state index >= 15 is 0 Å². The molecule has 1 aliphatic heterocycles. The molecule has 1 atom stereocenters. The minimum atomic E-state index is -0.310. The highest BCUT2D eigenvalue weighted by molar-refractivity contribution is 9.10. The average Bonchev–Trinajstić information content (AvgIpc) is 3.25. The fourth-order valence-corrected chi connectivity index (χ4v) is 3.38. The third kappa shape index (κ3) is 6.24. The number of para-hydroxylation sites is 1.